The molecule has 0 bridgehead atoms. The van der Waals surface area contributed by atoms with Gasteiger partial charge in [0.1, 0.15) is 5.78 Å². The number of hydrogen-bond donors (Lipinski definition) is 0. The number of rotatable bonds is 2. The van der Waals surface area contributed by atoms with Crippen LogP contribution in [0.1, 0.15) is 34.1 Å². The smallest absolute Gasteiger partial charge is 0.141 e. The van der Waals surface area contributed by atoms with E-state index >= 15 is 0 Å². The van der Waals surface area contributed by atoms with Crippen molar-refractivity contribution >= 4 is 17.5 Å². The van der Waals surface area contributed by atoms with E-state index in [1.54, 1.807) is 0 Å². The minimum Gasteiger partial charge on any atom is -0.299 e. The molecular formula is C12H20OS. The van der Waals surface area contributed by atoms with Crippen LogP contribution in [0.5, 0.6) is 0 Å². The van der Waals surface area contributed by atoms with Gasteiger partial charge in [-0.2, -0.15) is 11.8 Å². The average Bonchev–Trinajstić information content (AvgIpc) is 2.53. The van der Waals surface area contributed by atoms with Gasteiger partial charge in [-0.3, -0.25) is 4.79 Å². The molecule has 2 rings (SSSR count). The van der Waals surface area contributed by atoms with Gasteiger partial charge >= 0.3 is 0 Å². The van der Waals surface area contributed by atoms with Crippen molar-refractivity contribution in [3.8, 4) is 0 Å². The Bertz CT molecular complexity index is 247. The molecule has 0 aromatic rings. The van der Waals surface area contributed by atoms with Crippen molar-refractivity contribution in [3.63, 3.8) is 0 Å². The molecule has 0 spiro atoms. The van der Waals surface area contributed by atoms with Crippen molar-refractivity contribution in [1.82, 2.24) is 0 Å². The first-order valence-electron chi connectivity index (χ1n) is 5.50. The van der Waals surface area contributed by atoms with Gasteiger partial charge in [-0.1, -0.05) is 27.7 Å². The highest BCUT2D eigenvalue weighted by Gasteiger charge is 2.68. The summed E-state index contributed by atoms with van der Waals surface area (Å²) in [6.07, 6.45) is 1.12. The Hall–Kier alpha value is 0.0200. The fourth-order valence-corrected chi connectivity index (χ4v) is 4.14. The predicted molar refractivity (Wildman–Crippen MR) is 61.5 cm³/mol. The zero-order valence-corrected chi connectivity index (χ0v) is 10.4. The summed E-state index contributed by atoms with van der Waals surface area (Å²) < 4.78 is 0. The Balaban J connectivity index is 2.07. The Morgan fingerprint density at radius 2 is 1.79 bits per heavy atom. The molecule has 0 amide bonds. The predicted octanol–water partition coefficient (Wildman–Crippen LogP) is 2.99. The van der Waals surface area contributed by atoms with Gasteiger partial charge in [0, 0.05) is 17.6 Å². The highest BCUT2D eigenvalue weighted by Crippen LogP contribution is 2.69. The van der Waals surface area contributed by atoms with Crippen molar-refractivity contribution in [2.24, 2.45) is 22.7 Å². The van der Waals surface area contributed by atoms with Crippen LogP contribution in [0.25, 0.3) is 0 Å². The molecule has 0 radical (unpaired) electrons. The van der Waals surface area contributed by atoms with Gasteiger partial charge in [0.25, 0.3) is 0 Å². The lowest BCUT2D eigenvalue weighted by Gasteiger charge is -2.08. The highest BCUT2D eigenvalue weighted by molar-refractivity contribution is 7.99. The summed E-state index contributed by atoms with van der Waals surface area (Å²) in [6.45, 7) is 8.94. The molecule has 1 nitrogen and oxygen atoms in total. The van der Waals surface area contributed by atoms with Crippen LogP contribution in [0.3, 0.4) is 0 Å². The second kappa shape index (κ2) is 3.01. The summed E-state index contributed by atoms with van der Waals surface area (Å²) in [5.41, 5.74) is 0.467. The first-order chi connectivity index (χ1) is 6.39. The molecule has 0 N–H and O–H groups in total. The Labute approximate surface area is 91.0 Å². The van der Waals surface area contributed by atoms with Gasteiger partial charge in [-0.05, 0) is 23.0 Å². The van der Waals surface area contributed by atoms with Crippen LogP contribution >= 0.6 is 11.8 Å². The minimum atomic E-state index is 0.233. The molecule has 2 aliphatic rings. The Morgan fingerprint density at radius 1 is 1.21 bits per heavy atom. The summed E-state index contributed by atoms with van der Waals surface area (Å²) in [6, 6.07) is 0. The van der Waals surface area contributed by atoms with E-state index in [2.05, 4.69) is 27.7 Å². The van der Waals surface area contributed by atoms with E-state index in [-0.39, 0.29) is 10.8 Å². The van der Waals surface area contributed by atoms with Gasteiger partial charge < -0.3 is 0 Å². The van der Waals surface area contributed by atoms with Gasteiger partial charge in [0.2, 0.25) is 0 Å². The van der Waals surface area contributed by atoms with Crippen LogP contribution in [-0.2, 0) is 4.79 Å². The molecule has 0 aromatic carbocycles. The molecule has 1 unspecified atom stereocenters. The van der Waals surface area contributed by atoms with Gasteiger partial charge in [0.05, 0.1) is 0 Å². The SMILES string of the molecule is CC1(C)C(C(=O)C2CCSC2)C1(C)C. The molecule has 1 saturated carbocycles. The minimum absolute atomic E-state index is 0.233. The summed E-state index contributed by atoms with van der Waals surface area (Å²) in [7, 11) is 0. The van der Waals surface area contributed by atoms with Crippen LogP contribution in [0.15, 0.2) is 0 Å². The topological polar surface area (TPSA) is 17.1 Å². The van der Waals surface area contributed by atoms with E-state index in [0.29, 0.717) is 17.6 Å². The summed E-state index contributed by atoms with van der Waals surface area (Å²) in [5, 5.41) is 0. The molecule has 1 aliphatic carbocycles. The molecule has 2 fully saturated rings. The maximum absolute atomic E-state index is 12.2. The molecule has 1 aliphatic heterocycles. The molecule has 1 heterocycles. The van der Waals surface area contributed by atoms with Crippen molar-refractivity contribution in [1.29, 1.82) is 0 Å². The maximum atomic E-state index is 12.2. The first-order valence-corrected chi connectivity index (χ1v) is 6.66. The fourth-order valence-electron chi connectivity index (χ4n) is 2.90. The van der Waals surface area contributed by atoms with Crippen molar-refractivity contribution in [2.45, 2.75) is 34.1 Å². The van der Waals surface area contributed by atoms with Crippen molar-refractivity contribution < 1.29 is 4.79 Å². The second-order valence-electron chi connectivity index (χ2n) is 5.84. The van der Waals surface area contributed by atoms with E-state index in [1.807, 2.05) is 11.8 Å². The lowest BCUT2D eigenvalue weighted by Crippen LogP contribution is -2.18. The van der Waals surface area contributed by atoms with Crippen LogP contribution in [-0.4, -0.2) is 17.3 Å². The van der Waals surface area contributed by atoms with Crippen LogP contribution < -0.4 is 0 Å². The number of thioether (sulfide) groups is 1. The zero-order valence-electron chi connectivity index (χ0n) is 9.59. The monoisotopic (exact) mass is 212 g/mol. The van der Waals surface area contributed by atoms with Gasteiger partial charge in [-0.15, -0.1) is 0 Å². The molecule has 2 heteroatoms. The standard InChI is InChI=1S/C12H20OS/c1-11(2)10(12(11,3)4)9(13)8-5-6-14-7-8/h8,10H,5-7H2,1-4H3. The van der Waals surface area contributed by atoms with E-state index in [1.165, 1.54) is 5.75 Å². The third-order valence-electron chi connectivity index (χ3n) is 4.64. The summed E-state index contributed by atoms with van der Waals surface area (Å²) in [5.74, 6) is 3.49. The van der Waals surface area contributed by atoms with E-state index in [4.69, 9.17) is 0 Å². The van der Waals surface area contributed by atoms with Crippen LogP contribution in [0.2, 0.25) is 0 Å². The average molecular weight is 212 g/mol. The number of carbonyl (C=O) groups excluding carboxylic acids is 1. The third-order valence-corrected chi connectivity index (χ3v) is 5.80. The van der Waals surface area contributed by atoms with Gasteiger partial charge in [-0.25, -0.2) is 0 Å². The first kappa shape index (κ1) is 10.5. The molecule has 14 heavy (non-hydrogen) atoms. The zero-order chi connectivity index (χ0) is 10.6. The third kappa shape index (κ3) is 1.26. The van der Waals surface area contributed by atoms with Crippen LogP contribution in [0, 0.1) is 22.7 Å². The quantitative estimate of drug-likeness (QED) is 0.700. The van der Waals surface area contributed by atoms with Crippen molar-refractivity contribution in [3.05, 3.63) is 0 Å². The number of ketones is 1. The molecule has 80 valence electrons. The lowest BCUT2D eigenvalue weighted by atomic mass is 9.95. The second-order valence-corrected chi connectivity index (χ2v) is 6.99. The van der Waals surface area contributed by atoms with E-state index in [9.17, 15) is 4.79 Å². The largest absolute Gasteiger partial charge is 0.299 e. The Kier molecular flexibility index (Phi) is 2.26. The molecular weight excluding hydrogens is 192 g/mol. The fraction of sp³-hybridized carbons (Fsp3) is 0.917. The van der Waals surface area contributed by atoms with Crippen molar-refractivity contribution in [2.75, 3.05) is 11.5 Å². The number of hydrogen-bond acceptors (Lipinski definition) is 2. The van der Waals surface area contributed by atoms with Crippen LogP contribution in [0.4, 0.5) is 0 Å². The van der Waals surface area contributed by atoms with Gasteiger partial charge in [0.15, 0.2) is 0 Å². The normalized spacial score (nSPS) is 34.4. The Morgan fingerprint density at radius 3 is 2.14 bits per heavy atom. The maximum Gasteiger partial charge on any atom is 0.141 e. The molecule has 1 atom stereocenters. The highest BCUT2D eigenvalue weighted by atomic mass is 32.2. The molecule has 1 saturated heterocycles. The summed E-state index contributed by atoms with van der Waals surface area (Å²) in [4.78, 5) is 12.2. The van der Waals surface area contributed by atoms with E-state index < -0.39 is 0 Å². The lowest BCUT2D eigenvalue weighted by molar-refractivity contribution is -0.124. The summed E-state index contributed by atoms with van der Waals surface area (Å²) >= 11 is 1.94. The number of carbonyl (C=O) groups is 1. The molecule has 0 aromatic heterocycles. The van der Waals surface area contributed by atoms with E-state index in [0.717, 1.165) is 12.2 Å². The number of Topliss-reactive ketones (excluding diaryl/α,β-unsaturated/α-hetero) is 1.